The molecule has 0 saturated carbocycles. The second-order valence-electron chi connectivity index (χ2n) is 9.33. The standard InChI is InChI=1S/C27H31NO/c1-19(2)25-18-21-11-6-8-15-24(21)27(3,4)16-17-28(25)26(29)23-14-9-12-20-10-5-7-13-22(20)23/h5-15,19,25H,16-18H2,1-4H3/t25-/m0/s1. The third-order valence-electron chi connectivity index (χ3n) is 6.60. The first-order chi connectivity index (χ1) is 13.9. The molecule has 0 aliphatic carbocycles. The number of carbonyl (C=O) groups is 1. The van der Waals surface area contributed by atoms with E-state index in [0.29, 0.717) is 5.92 Å². The van der Waals surface area contributed by atoms with E-state index in [9.17, 15) is 4.79 Å². The van der Waals surface area contributed by atoms with Crippen molar-refractivity contribution >= 4 is 16.7 Å². The number of fused-ring (bicyclic) bond motifs is 2. The van der Waals surface area contributed by atoms with Crippen molar-refractivity contribution in [2.45, 2.75) is 52.0 Å². The van der Waals surface area contributed by atoms with Crippen LogP contribution in [0.5, 0.6) is 0 Å². The Bertz CT molecular complexity index is 1030. The van der Waals surface area contributed by atoms with Crippen LogP contribution in [0.3, 0.4) is 0 Å². The van der Waals surface area contributed by atoms with Crippen molar-refractivity contribution in [3.63, 3.8) is 0 Å². The third kappa shape index (κ3) is 3.69. The van der Waals surface area contributed by atoms with Crippen molar-refractivity contribution in [2.75, 3.05) is 6.54 Å². The van der Waals surface area contributed by atoms with Crippen LogP contribution in [0.1, 0.15) is 55.6 Å². The van der Waals surface area contributed by atoms with Gasteiger partial charge in [0.05, 0.1) is 0 Å². The van der Waals surface area contributed by atoms with Gasteiger partial charge in [-0.05, 0) is 52.1 Å². The molecule has 0 saturated heterocycles. The molecule has 1 atom stereocenters. The first-order valence-electron chi connectivity index (χ1n) is 10.8. The van der Waals surface area contributed by atoms with E-state index in [1.807, 2.05) is 24.3 Å². The molecule has 29 heavy (non-hydrogen) atoms. The van der Waals surface area contributed by atoms with Crippen LogP contribution in [0.25, 0.3) is 10.8 Å². The minimum Gasteiger partial charge on any atom is -0.335 e. The molecule has 0 radical (unpaired) electrons. The highest BCUT2D eigenvalue weighted by molar-refractivity contribution is 6.07. The fraction of sp³-hybridized carbons (Fsp3) is 0.370. The van der Waals surface area contributed by atoms with Crippen LogP contribution in [0.4, 0.5) is 0 Å². The third-order valence-corrected chi connectivity index (χ3v) is 6.60. The summed E-state index contributed by atoms with van der Waals surface area (Å²) in [6.07, 6.45) is 1.87. The average Bonchev–Trinajstić information content (AvgIpc) is 2.71. The van der Waals surface area contributed by atoms with Gasteiger partial charge in [-0.2, -0.15) is 0 Å². The molecule has 150 valence electrons. The van der Waals surface area contributed by atoms with Crippen LogP contribution in [-0.4, -0.2) is 23.4 Å². The van der Waals surface area contributed by atoms with Crippen molar-refractivity contribution in [1.82, 2.24) is 4.90 Å². The smallest absolute Gasteiger partial charge is 0.254 e. The topological polar surface area (TPSA) is 20.3 Å². The van der Waals surface area contributed by atoms with E-state index in [4.69, 9.17) is 0 Å². The number of amides is 1. The fourth-order valence-electron chi connectivity index (χ4n) is 4.81. The van der Waals surface area contributed by atoms with E-state index in [1.165, 1.54) is 11.1 Å². The molecule has 4 rings (SSSR count). The number of hydrogen-bond donors (Lipinski definition) is 0. The van der Waals surface area contributed by atoms with E-state index < -0.39 is 0 Å². The Labute approximate surface area is 174 Å². The summed E-state index contributed by atoms with van der Waals surface area (Å²) >= 11 is 0. The predicted octanol–water partition coefficient (Wildman–Crippen LogP) is 6.23. The highest BCUT2D eigenvalue weighted by Crippen LogP contribution is 2.35. The lowest BCUT2D eigenvalue weighted by molar-refractivity contribution is 0.0599. The normalized spacial score (nSPS) is 18.9. The van der Waals surface area contributed by atoms with Crippen LogP contribution in [0, 0.1) is 5.92 Å². The minimum absolute atomic E-state index is 0.0514. The predicted molar refractivity (Wildman–Crippen MR) is 121 cm³/mol. The number of carbonyl (C=O) groups excluding carboxylic acids is 1. The zero-order chi connectivity index (χ0) is 20.6. The molecule has 2 nitrogen and oxygen atoms in total. The van der Waals surface area contributed by atoms with Crippen molar-refractivity contribution in [1.29, 1.82) is 0 Å². The van der Waals surface area contributed by atoms with E-state index in [1.54, 1.807) is 0 Å². The van der Waals surface area contributed by atoms with Gasteiger partial charge in [-0.15, -0.1) is 0 Å². The van der Waals surface area contributed by atoms with Gasteiger partial charge in [0.25, 0.3) is 5.91 Å². The maximum Gasteiger partial charge on any atom is 0.254 e. The van der Waals surface area contributed by atoms with Gasteiger partial charge in [0, 0.05) is 18.2 Å². The number of benzene rings is 3. The Balaban J connectivity index is 1.78. The molecule has 0 unspecified atom stereocenters. The van der Waals surface area contributed by atoms with Gasteiger partial charge in [-0.25, -0.2) is 0 Å². The molecule has 1 aliphatic rings. The van der Waals surface area contributed by atoms with Gasteiger partial charge >= 0.3 is 0 Å². The van der Waals surface area contributed by atoms with Gasteiger partial charge in [-0.1, -0.05) is 88.4 Å². The van der Waals surface area contributed by atoms with Crippen molar-refractivity contribution in [3.05, 3.63) is 83.4 Å². The molecule has 1 amide bonds. The lowest BCUT2D eigenvalue weighted by Crippen LogP contribution is -2.48. The van der Waals surface area contributed by atoms with E-state index >= 15 is 0 Å². The molecule has 0 spiro atoms. The molecular formula is C27H31NO. The monoisotopic (exact) mass is 385 g/mol. The van der Waals surface area contributed by atoms with Gasteiger partial charge in [0.2, 0.25) is 0 Å². The van der Waals surface area contributed by atoms with Gasteiger partial charge in [0.15, 0.2) is 0 Å². The molecule has 1 heterocycles. The summed E-state index contributed by atoms with van der Waals surface area (Å²) in [6, 6.07) is 23.3. The summed E-state index contributed by atoms with van der Waals surface area (Å²) in [4.78, 5) is 16.0. The highest BCUT2D eigenvalue weighted by Gasteiger charge is 2.34. The molecule has 0 fully saturated rings. The Morgan fingerprint density at radius 1 is 0.966 bits per heavy atom. The maximum absolute atomic E-state index is 13.8. The van der Waals surface area contributed by atoms with Gasteiger partial charge in [0.1, 0.15) is 0 Å². The number of rotatable bonds is 2. The summed E-state index contributed by atoms with van der Waals surface area (Å²) in [5.41, 5.74) is 3.69. The summed E-state index contributed by atoms with van der Waals surface area (Å²) in [6.45, 7) is 9.88. The maximum atomic E-state index is 13.8. The Morgan fingerprint density at radius 2 is 1.66 bits per heavy atom. The van der Waals surface area contributed by atoms with Crippen LogP contribution in [0.15, 0.2) is 66.7 Å². The lowest BCUT2D eigenvalue weighted by atomic mass is 9.75. The first kappa shape index (κ1) is 19.7. The van der Waals surface area contributed by atoms with Crippen molar-refractivity contribution in [2.24, 2.45) is 5.92 Å². The SMILES string of the molecule is CC(C)[C@@H]1Cc2ccccc2C(C)(C)CCN1C(=O)c1cccc2ccccc12. The van der Waals surface area contributed by atoms with Crippen LogP contribution in [0.2, 0.25) is 0 Å². The molecule has 0 N–H and O–H groups in total. The quantitative estimate of drug-likeness (QED) is 0.512. The lowest BCUT2D eigenvalue weighted by Gasteiger charge is -2.41. The largest absolute Gasteiger partial charge is 0.335 e. The highest BCUT2D eigenvalue weighted by atomic mass is 16.2. The number of nitrogens with zero attached hydrogens (tertiary/aromatic N) is 1. The van der Waals surface area contributed by atoms with Crippen molar-refractivity contribution < 1.29 is 4.79 Å². The van der Waals surface area contributed by atoms with E-state index in [-0.39, 0.29) is 17.4 Å². The number of hydrogen-bond acceptors (Lipinski definition) is 1. The molecule has 3 aromatic carbocycles. The molecule has 1 aliphatic heterocycles. The Hall–Kier alpha value is -2.61. The Kier molecular flexibility index (Phi) is 5.21. The zero-order valence-electron chi connectivity index (χ0n) is 18.0. The van der Waals surface area contributed by atoms with Crippen molar-refractivity contribution in [3.8, 4) is 0 Å². The molecule has 0 bridgehead atoms. The first-order valence-corrected chi connectivity index (χ1v) is 10.8. The van der Waals surface area contributed by atoms with Gasteiger partial charge in [-0.3, -0.25) is 4.79 Å². The molecular weight excluding hydrogens is 354 g/mol. The summed E-state index contributed by atoms with van der Waals surface area (Å²) in [7, 11) is 0. The minimum atomic E-state index is 0.0514. The zero-order valence-corrected chi connectivity index (χ0v) is 18.0. The second-order valence-corrected chi connectivity index (χ2v) is 9.33. The molecule has 2 heteroatoms. The van der Waals surface area contributed by atoms with E-state index in [0.717, 1.165) is 35.7 Å². The average molecular weight is 386 g/mol. The van der Waals surface area contributed by atoms with Crippen LogP contribution >= 0.6 is 0 Å². The van der Waals surface area contributed by atoms with Crippen LogP contribution in [-0.2, 0) is 11.8 Å². The summed E-state index contributed by atoms with van der Waals surface area (Å²) < 4.78 is 0. The Morgan fingerprint density at radius 3 is 2.45 bits per heavy atom. The van der Waals surface area contributed by atoms with E-state index in [2.05, 4.69) is 75.1 Å². The van der Waals surface area contributed by atoms with Crippen LogP contribution < -0.4 is 0 Å². The second kappa shape index (κ2) is 7.67. The summed E-state index contributed by atoms with van der Waals surface area (Å²) in [5.74, 6) is 0.555. The van der Waals surface area contributed by atoms with Gasteiger partial charge < -0.3 is 4.90 Å². The summed E-state index contributed by atoms with van der Waals surface area (Å²) in [5, 5.41) is 2.17. The fourth-order valence-corrected chi connectivity index (χ4v) is 4.81. The molecule has 3 aromatic rings. The molecule has 0 aromatic heterocycles.